The van der Waals surface area contributed by atoms with Gasteiger partial charge in [0.1, 0.15) is 11.6 Å². The smallest absolute Gasteiger partial charge is 0.255 e. The van der Waals surface area contributed by atoms with E-state index in [9.17, 15) is 19.1 Å². The number of imidazole rings is 1. The number of fused-ring (bicyclic) bond motifs is 1. The number of amides is 1. The zero-order valence-corrected chi connectivity index (χ0v) is 19.3. The van der Waals surface area contributed by atoms with Crippen molar-refractivity contribution in [2.75, 3.05) is 13.1 Å². The maximum Gasteiger partial charge on any atom is 0.255 e. The van der Waals surface area contributed by atoms with Crippen LogP contribution < -0.4 is 5.56 Å². The first-order chi connectivity index (χ1) is 15.7. The molecule has 5 rings (SSSR count). The van der Waals surface area contributed by atoms with Gasteiger partial charge < -0.3 is 19.6 Å². The number of β-amino-alcohol motifs (C(OH)–C–C–N with tert-alkyl or cyclic N) is 1. The fourth-order valence-electron chi connectivity index (χ4n) is 4.10. The molecule has 7 nitrogen and oxygen atoms in total. The summed E-state index contributed by atoms with van der Waals surface area (Å²) < 4.78 is 16.3. The zero-order chi connectivity index (χ0) is 23.3. The Bertz CT molecular complexity index is 1420. The third-order valence-corrected chi connectivity index (χ3v) is 6.46. The number of carbonyl (C=O) groups is 1. The lowest BCUT2D eigenvalue weighted by molar-refractivity contribution is -0.0916. The molecule has 168 valence electrons. The molecule has 2 aromatic heterocycles. The molecule has 1 amide bonds. The van der Waals surface area contributed by atoms with Crippen LogP contribution in [0.15, 0.2) is 64.0 Å². The molecule has 0 radical (unpaired) electrons. The average Bonchev–Trinajstić information content (AvgIpc) is 3.20. The number of pyridine rings is 1. The number of hydrogen-bond donors (Lipinski definition) is 2. The van der Waals surface area contributed by atoms with E-state index in [1.54, 1.807) is 19.2 Å². The molecule has 1 saturated heterocycles. The van der Waals surface area contributed by atoms with Crippen molar-refractivity contribution in [1.29, 1.82) is 0 Å². The predicted octanol–water partition coefficient (Wildman–Crippen LogP) is 3.10. The van der Waals surface area contributed by atoms with Crippen LogP contribution in [0.5, 0.6) is 0 Å². The van der Waals surface area contributed by atoms with Gasteiger partial charge in [-0.1, -0.05) is 34.1 Å². The molecule has 4 aromatic rings. The van der Waals surface area contributed by atoms with Gasteiger partial charge in [0.2, 0.25) is 0 Å². The Morgan fingerprint density at radius 3 is 2.70 bits per heavy atom. The van der Waals surface area contributed by atoms with Crippen LogP contribution >= 0.6 is 15.9 Å². The largest absolute Gasteiger partial charge is 0.378 e. The summed E-state index contributed by atoms with van der Waals surface area (Å²) in [7, 11) is 1.56. The maximum atomic E-state index is 14.4. The van der Waals surface area contributed by atoms with Gasteiger partial charge in [-0.05, 0) is 35.4 Å². The molecule has 0 aliphatic carbocycles. The summed E-state index contributed by atoms with van der Waals surface area (Å²) in [6.07, 6.45) is 1.56. The number of likely N-dealkylation sites (tertiary alicyclic amines) is 1. The second-order valence-electron chi connectivity index (χ2n) is 8.37. The molecule has 33 heavy (non-hydrogen) atoms. The number of aryl methyl sites for hydroxylation is 1. The lowest BCUT2D eigenvalue weighted by atomic mass is 9.91. The number of halogens is 2. The Hall–Kier alpha value is -3.30. The number of nitrogens with zero attached hydrogens (tertiary/aromatic N) is 3. The molecule has 2 aromatic carbocycles. The fraction of sp³-hybridized carbons (Fsp3) is 0.208. The average molecular weight is 511 g/mol. The number of aliphatic hydroxyl groups is 1. The highest BCUT2D eigenvalue weighted by molar-refractivity contribution is 9.10. The molecule has 0 atom stereocenters. The number of aromatic amines is 1. The summed E-state index contributed by atoms with van der Waals surface area (Å²) in [5, 5.41) is 11.0. The third kappa shape index (κ3) is 3.87. The van der Waals surface area contributed by atoms with E-state index in [0.29, 0.717) is 27.0 Å². The number of nitrogens with one attached hydrogen (secondary N) is 1. The first-order valence-corrected chi connectivity index (χ1v) is 11.1. The van der Waals surface area contributed by atoms with Gasteiger partial charge >= 0.3 is 0 Å². The van der Waals surface area contributed by atoms with Gasteiger partial charge in [0, 0.05) is 30.2 Å². The van der Waals surface area contributed by atoms with Crippen LogP contribution in [-0.4, -0.2) is 43.5 Å². The molecular weight excluding hydrogens is 491 g/mol. The summed E-state index contributed by atoms with van der Waals surface area (Å²) in [6.45, 7) is 0.112. The van der Waals surface area contributed by atoms with Crippen molar-refractivity contribution >= 4 is 32.9 Å². The topological polar surface area (TPSA) is 91.2 Å². The van der Waals surface area contributed by atoms with E-state index in [0.717, 1.165) is 11.0 Å². The number of H-pyrrole nitrogens is 1. The van der Waals surface area contributed by atoms with E-state index in [1.165, 1.54) is 27.8 Å². The van der Waals surface area contributed by atoms with Crippen molar-refractivity contribution in [1.82, 2.24) is 19.4 Å². The molecule has 0 spiro atoms. The molecule has 2 N–H and O–H groups in total. The third-order valence-electron chi connectivity index (χ3n) is 5.96. The minimum Gasteiger partial charge on any atom is -0.378 e. The Morgan fingerprint density at radius 2 is 1.97 bits per heavy atom. The Balaban J connectivity index is 1.42. The minimum absolute atomic E-state index is 0.0561. The SMILES string of the molecule is Cn1cc(C(=O)N2CC(O)(c3nc4ccccc4[nH]3)C2)c(Cc2ccc(Br)cc2F)cc1=O. The Morgan fingerprint density at radius 1 is 1.21 bits per heavy atom. The van der Waals surface area contributed by atoms with E-state index >= 15 is 0 Å². The van der Waals surface area contributed by atoms with Crippen LogP contribution in [-0.2, 0) is 19.1 Å². The van der Waals surface area contributed by atoms with E-state index < -0.39 is 11.4 Å². The highest BCUT2D eigenvalue weighted by Gasteiger charge is 2.47. The van der Waals surface area contributed by atoms with Crippen LogP contribution in [0.3, 0.4) is 0 Å². The van der Waals surface area contributed by atoms with Crippen LogP contribution in [0.4, 0.5) is 4.39 Å². The van der Waals surface area contributed by atoms with Crippen molar-refractivity contribution < 1.29 is 14.3 Å². The fourth-order valence-corrected chi connectivity index (χ4v) is 4.43. The molecule has 1 fully saturated rings. The molecule has 0 unspecified atom stereocenters. The van der Waals surface area contributed by atoms with E-state index in [-0.39, 0.29) is 31.0 Å². The van der Waals surface area contributed by atoms with Gasteiger partial charge in [-0.3, -0.25) is 9.59 Å². The van der Waals surface area contributed by atoms with Crippen molar-refractivity contribution in [2.24, 2.45) is 7.05 Å². The number of aromatic nitrogens is 3. The summed E-state index contributed by atoms with van der Waals surface area (Å²) in [5.74, 6) is -0.351. The van der Waals surface area contributed by atoms with Crippen LogP contribution in [0, 0.1) is 5.82 Å². The second kappa shape index (κ2) is 7.93. The maximum absolute atomic E-state index is 14.4. The van der Waals surface area contributed by atoms with E-state index in [4.69, 9.17) is 0 Å². The van der Waals surface area contributed by atoms with Gasteiger partial charge in [-0.15, -0.1) is 0 Å². The van der Waals surface area contributed by atoms with Crippen molar-refractivity contribution in [2.45, 2.75) is 12.0 Å². The normalized spacial score (nSPS) is 15.0. The van der Waals surface area contributed by atoms with Crippen molar-refractivity contribution in [3.8, 4) is 0 Å². The van der Waals surface area contributed by atoms with E-state index in [1.807, 2.05) is 24.3 Å². The van der Waals surface area contributed by atoms with Crippen LogP contribution in [0.1, 0.15) is 27.3 Å². The summed E-state index contributed by atoms with van der Waals surface area (Å²) in [4.78, 5) is 34.6. The quantitative estimate of drug-likeness (QED) is 0.441. The number of hydrogen-bond acceptors (Lipinski definition) is 4. The number of carbonyl (C=O) groups excluding carboxylic acids is 1. The first kappa shape index (κ1) is 21.5. The standard InChI is InChI=1S/C24H20BrFN4O3/c1-29-11-17(15(9-21(29)31)8-14-6-7-16(25)10-18(14)26)22(32)30-12-24(33,13-30)23-27-19-4-2-3-5-20(19)28-23/h2-7,9-11,33H,8,12-13H2,1H3,(H,27,28). The van der Waals surface area contributed by atoms with Crippen LogP contribution in [0.2, 0.25) is 0 Å². The second-order valence-corrected chi connectivity index (χ2v) is 9.29. The molecular formula is C24H20BrFN4O3. The lowest BCUT2D eigenvalue weighted by Gasteiger charge is -2.45. The Labute approximate surface area is 196 Å². The minimum atomic E-state index is -1.28. The highest BCUT2D eigenvalue weighted by Crippen LogP contribution is 2.33. The molecule has 0 saturated carbocycles. The zero-order valence-electron chi connectivity index (χ0n) is 17.7. The van der Waals surface area contributed by atoms with Gasteiger partial charge in [0.25, 0.3) is 11.5 Å². The predicted molar refractivity (Wildman–Crippen MR) is 124 cm³/mol. The Kier molecular flexibility index (Phi) is 5.18. The van der Waals surface area contributed by atoms with E-state index in [2.05, 4.69) is 25.9 Å². The number of para-hydroxylation sites is 2. The molecule has 1 aliphatic rings. The number of benzene rings is 2. The lowest BCUT2D eigenvalue weighted by Crippen LogP contribution is -2.61. The van der Waals surface area contributed by atoms with Crippen LogP contribution in [0.25, 0.3) is 11.0 Å². The molecule has 3 heterocycles. The highest BCUT2D eigenvalue weighted by atomic mass is 79.9. The van der Waals surface area contributed by atoms with Gasteiger partial charge in [-0.25, -0.2) is 9.37 Å². The van der Waals surface area contributed by atoms with Gasteiger partial charge in [0.05, 0.1) is 29.7 Å². The monoisotopic (exact) mass is 510 g/mol. The summed E-state index contributed by atoms with van der Waals surface area (Å²) in [6, 6.07) is 13.5. The number of rotatable bonds is 4. The molecule has 0 bridgehead atoms. The first-order valence-electron chi connectivity index (χ1n) is 10.3. The summed E-state index contributed by atoms with van der Waals surface area (Å²) in [5.41, 5.74) is 1.08. The van der Waals surface area contributed by atoms with Crippen molar-refractivity contribution in [3.05, 3.63) is 97.9 Å². The van der Waals surface area contributed by atoms with Gasteiger partial charge in [0.15, 0.2) is 5.60 Å². The van der Waals surface area contributed by atoms with Gasteiger partial charge in [-0.2, -0.15) is 0 Å². The molecule has 9 heteroatoms. The molecule has 1 aliphatic heterocycles. The summed E-state index contributed by atoms with van der Waals surface area (Å²) >= 11 is 3.23. The van der Waals surface area contributed by atoms with Crippen molar-refractivity contribution in [3.63, 3.8) is 0 Å².